The lowest BCUT2D eigenvalue weighted by atomic mass is 10.3. The minimum Gasteiger partial charge on any atom is -0.356 e. The van der Waals surface area contributed by atoms with Crippen LogP contribution >= 0.6 is 11.6 Å². The summed E-state index contributed by atoms with van der Waals surface area (Å²) in [4.78, 5) is 12.5. The van der Waals surface area contributed by atoms with Crippen LogP contribution in [0.2, 0.25) is 5.02 Å². The van der Waals surface area contributed by atoms with Crippen molar-refractivity contribution in [3.63, 3.8) is 0 Å². The van der Waals surface area contributed by atoms with E-state index >= 15 is 0 Å². The predicted octanol–water partition coefficient (Wildman–Crippen LogP) is 2.10. The first-order chi connectivity index (χ1) is 5.54. The zero-order valence-corrected chi connectivity index (χ0v) is 6.33. The van der Waals surface area contributed by atoms with Crippen molar-refractivity contribution in [1.82, 2.24) is 4.98 Å². The monoisotopic (exact) mass is 197 g/mol. The summed E-state index contributed by atoms with van der Waals surface area (Å²) in [6.07, 6.45) is -2.36. The molecular weight excluding hydrogens is 195 g/mol. The fourth-order valence-electron chi connectivity index (χ4n) is 0.656. The van der Waals surface area contributed by atoms with E-state index in [0.717, 1.165) is 0 Å². The lowest BCUT2D eigenvalue weighted by molar-refractivity contribution is 0.146. The van der Waals surface area contributed by atoms with Crippen LogP contribution in [0.3, 0.4) is 0 Å². The number of alkyl halides is 2. The lowest BCUT2D eigenvalue weighted by Gasteiger charge is -2.00. The fraction of sp³-hybridized carbons (Fsp3) is 0.167. The van der Waals surface area contributed by atoms with Crippen LogP contribution in [0.15, 0.2) is 11.0 Å². The van der Waals surface area contributed by atoms with E-state index in [4.69, 9.17) is 11.6 Å². The molecule has 0 aliphatic heterocycles. The molecule has 0 aliphatic rings. The van der Waals surface area contributed by atoms with E-state index < -0.39 is 28.4 Å². The Morgan fingerprint density at radius 3 is 2.58 bits per heavy atom. The summed E-state index contributed by atoms with van der Waals surface area (Å²) in [5.41, 5.74) is -1.98. The summed E-state index contributed by atoms with van der Waals surface area (Å²) in [7, 11) is 0. The first-order valence-corrected chi connectivity index (χ1v) is 3.26. The van der Waals surface area contributed by atoms with Gasteiger partial charge in [0.2, 0.25) is 5.43 Å². The molecule has 66 valence electrons. The van der Waals surface area contributed by atoms with Gasteiger partial charge in [0.05, 0.1) is 0 Å². The number of pyridine rings is 1. The average molecular weight is 198 g/mol. The Bertz CT molecular complexity index is 349. The van der Waals surface area contributed by atoms with Crippen LogP contribution in [0.5, 0.6) is 0 Å². The van der Waals surface area contributed by atoms with Gasteiger partial charge in [0.25, 0.3) is 6.43 Å². The van der Waals surface area contributed by atoms with Crippen LogP contribution in [0.4, 0.5) is 13.2 Å². The van der Waals surface area contributed by atoms with Crippen molar-refractivity contribution in [1.29, 1.82) is 0 Å². The van der Waals surface area contributed by atoms with Crippen LogP contribution in [-0.2, 0) is 0 Å². The molecule has 1 aromatic heterocycles. The molecule has 2 nitrogen and oxygen atoms in total. The topological polar surface area (TPSA) is 32.9 Å². The molecule has 0 spiro atoms. The molecule has 12 heavy (non-hydrogen) atoms. The summed E-state index contributed by atoms with van der Waals surface area (Å²) in [5, 5.41) is -0.801. The van der Waals surface area contributed by atoms with Crippen molar-refractivity contribution in [2.45, 2.75) is 6.43 Å². The van der Waals surface area contributed by atoms with Gasteiger partial charge < -0.3 is 4.98 Å². The molecule has 1 aromatic rings. The maximum absolute atomic E-state index is 12.3. The van der Waals surface area contributed by atoms with Crippen LogP contribution < -0.4 is 5.43 Å². The maximum atomic E-state index is 12.3. The van der Waals surface area contributed by atoms with Gasteiger partial charge in [-0.1, -0.05) is 11.6 Å². The molecule has 0 saturated carbocycles. The number of H-pyrrole nitrogens is 1. The molecule has 0 saturated heterocycles. The Kier molecular flexibility index (Phi) is 2.42. The molecule has 0 aromatic carbocycles. The number of nitrogens with one attached hydrogen (secondary N) is 1. The summed E-state index contributed by atoms with van der Waals surface area (Å²) < 4.78 is 36.3. The van der Waals surface area contributed by atoms with E-state index in [-0.39, 0.29) is 0 Å². The number of aromatic amines is 1. The molecule has 0 bridgehead atoms. The third kappa shape index (κ3) is 1.45. The molecule has 6 heteroatoms. The molecule has 0 aliphatic carbocycles. The largest absolute Gasteiger partial charge is 0.356 e. The molecule has 0 radical (unpaired) electrons. The van der Waals surface area contributed by atoms with Gasteiger partial charge in [-0.25, -0.2) is 13.2 Å². The van der Waals surface area contributed by atoms with Gasteiger partial charge in [0, 0.05) is 6.20 Å². The number of hydrogen-bond acceptors (Lipinski definition) is 1. The first kappa shape index (κ1) is 9.12. The Morgan fingerprint density at radius 2 is 2.08 bits per heavy atom. The zero-order chi connectivity index (χ0) is 9.30. The van der Waals surface area contributed by atoms with Crippen molar-refractivity contribution in [2.24, 2.45) is 0 Å². The molecular formula is C6H3ClF3NO. The molecule has 1 heterocycles. The highest BCUT2D eigenvalue weighted by Crippen LogP contribution is 2.21. The predicted molar refractivity (Wildman–Crippen MR) is 37.0 cm³/mol. The quantitative estimate of drug-likeness (QED) is 0.735. The minimum absolute atomic E-state index is 0.551. The summed E-state index contributed by atoms with van der Waals surface area (Å²) >= 11 is 5.13. The van der Waals surface area contributed by atoms with Gasteiger partial charge in [0.15, 0.2) is 5.82 Å². The SMILES string of the molecule is O=c1c(F)c[nH]c(C(F)F)c1Cl. The summed E-state index contributed by atoms with van der Waals surface area (Å²) in [6.45, 7) is 0. The molecule has 0 atom stereocenters. The maximum Gasteiger partial charge on any atom is 0.279 e. The number of aromatic nitrogens is 1. The van der Waals surface area contributed by atoms with Crippen molar-refractivity contribution >= 4 is 11.6 Å². The van der Waals surface area contributed by atoms with E-state index in [0.29, 0.717) is 6.20 Å². The van der Waals surface area contributed by atoms with Gasteiger partial charge in [0.1, 0.15) is 10.7 Å². The van der Waals surface area contributed by atoms with E-state index in [2.05, 4.69) is 0 Å². The van der Waals surface area contributed by atoms with E-state index in [1.165, 1.54) is 0 Å². The smallest absolute Gasteiger partial charge is 0.279 e. The standard InChI is InChI=1S/C6H3ClF3NO/c7-3-4(6(9)10)11-1-2(8)5(3)12/h1,6H,(H,11,12). The highest BCUT2D eigenvalue weighted by molar-refractivity contribution is 6.31. The highest BCUT2D eigenvalue weighted by Gasteiger charge is 2.16. The molecule has 1 rings (SSSR count). The van der Waals surface area contributed by atoms with Crippen molar-refractivity contribution in [3.8, 4) is 0 Å². The van der Waals surface area contributed by atoms with Crippen molar-refractivity contribution in [2.75, 3.05) is 0 Å². The Hall–Kier alpha value is -0.970. The van der Waals surface area contributed by atoms with E-state index in [9.17, 15) is 18.0 Å². The normalized spacial score (nSPS) is 10.8. The third-order valence-corrected chi connectivity index (χ3v) is 1.60. The first-order valence-electron chi connectivity index (χ1n) is 2.88. The second-order valence-corrected chi connectivity index (χ2v) is 2.37. The number of hydrogen-bond donors (Lipinski definition) is 1. The van der Waals surface area contributed by atoms with E-state index in [1.54, 1.807) is 0 Å². The molecule has 0 unspecified atom stereocenters. The third-order valence-electron chi connectivity index (χ3n) is 1.23. The van der Waals surface area contributed by atoms with Crippen molar-refractivity contribution < 1.29 is 13.2 Å². The van der Waals surface area contributed by atoms with Crippen LogP contribution in [-0.4, -0.2) is 4.98 Å². The summed E-state index contributed by atoms with van der Waals surface area (Å²) in [5.74, 6) is -1.18. The van der Waals surface area contributed by atoms with Gasteiger partial charge in [-0.05, 0) is 0 Å². The Labute approximate surface area is 70.0 Å². The minimum atomic E-state index is -2.91. The van der Waals surface area contributed by atoms with Gasteiger partial charge >= 0.3 is 0 Å². The number of halogens is 4. The Balaban J connectivity index is 3.37. The van der Waals surface area contributed by atoms with Gasteiger partial charge in [-0.15, -0.1) is 0 Å². The van der Waals surface area contributed by atoms with Crippen LogP contribution in [0.25, 0.3) is 0 Å². The van der Waals surface area contributed by atoms with Crippen molar-refractivity contribution in [3.05, 3.63) is 33.0 Å². The van der Waals surface area contributed by atoms with Crippen LogP contribution in [0.1, 0.15) is 12.1 Å². The van der Waals surface area contributed by atoms with Gasteiger partial charge in [-0.3, -0.25) is 4.79 Å². The molecule has 0 fully saturated rings. The molecule has 0 amide bonds. The average Bonchev–Trinajstić information content (AvgIpc) is 2.00. The second kappa shape index (κ2) is 3.18. The zero-order valence-electron chi connectivity index (χ0n) is 5.57. The molecule has 1 N–H and O–H groups in total. The fourth-order valence-corrected chi connectivity index (χ4v) is 0.883. The lowest BCUT2D eigenvalue weighted by Crippen LogP contribution is -2.11. The second-order valence-electron chi connectivity index (χ2n) is 1.99. The van der Waals surface area contributed by atoms with Gasteiger partial charge in [-0.2, -0.15) is 0 Å². The number of rotatable bonds is 1. The Morgan fingerprint density at radius 1 is 1.50 bits per heavy atom. The van der Waals surface area contributed by atoms with E-state index in [1.807, 2.05) is 4.98 Å². The highest BCUT2D eigenvalue weighted by atomic mass is 35.5. The van der Waals surface area contributed by atoms with Crippen LogP contribution in [0, 0.1) is 5.82 Å². The summed E-state index contributed by atoms with van der Waals surface area (Å²) in [6, 6.07) is 0.